The maximum atomic E-state index is 11.2. The van der Waals surface area contributed by atoms with E-state index < -0.39 is 5.97 Å². The Morgan fingerprint density at radius 1 is 0.875 bits per heavy atom. The molecule has 1 N–H and O–H groups in total. The van der Waals surface area contributed by atoms with Crippen LogP contribution >= 0.6 is 0 Å². The van der Waals surface area contributed by atoms with E-state index in [1.807, 2.05) is 42.5 Å². The maximum Gasteiger partial charge on any atom is 0.354 e. The molecule has 2 aromatic carbocycles. The maximum absolute atomic E-state index is 11.2. The molecule has 3 aromatic rings. The van der Waals surface area contributed by atoms with Crippen LogP contribution in [0.3, 0.4) is 0 Å². The second-order valence-electron chi connectivity index (χ2n) is 5.53. The first-order valence-electron chi connectivity index (χ1n) is 7.74. The largest absolute Gasteiger partial charge is 0.477 e. The Morgan fingerprint density at radius 2 is 1.42 bits per heavy atom. The zero-order valence-corrected chi connectivity index (χ0v) is 13.2. The van der Waals surface area contributed by atoms with E-state index >= 15 is 0 Å². The third-order valence-corrected chi connectivity index (χ3v) is 3.76. The third kappa shape index (κ3) is 3.98. The minimum absolute atomic E-state index is 0.0543. The lowest BCUT2D eigenvalue weighted by Gasteiger charge is -2.25. The first-order valence-corrected chi connectivity index (χ1v) is 7.74. The topological polar surface area (TPSA) is 53.4 Å². The van der Waals surface area contributed by atoms with Gasteiger partial charge < -0.3 is 10.0 Å². The van der Waals surface area contributed by atoms with E-state index in [0.717, 1.165) is 5.69 Å². The molecule has 0 unspecified atom stereocenters. The number of hydrogen-bond donors (Lipinski definition) is 1. The molecular weight excluding hydrogens is 300 g/mol. The monoisotopic (exact) mass is 318 g/mol. The highest BCUT2D eigenvalue weighted by molar-refractivity contribution is 5.86. The fourth-order valence-electron chi connectivity index (χ4n) is 2.58. The Bertz CT molecular complexity index is 763. The molecule has 1 heterocycles. The molecule has 0 fully saturated rings. The SMILES string of the molecule is O=C(O)c1cc(N(Cc2ccccc2)Cc2ccccc2)ccn1. The number of carboxylic acid groups (broad SMARTS) is 1. The molecule has 3 rings (SSSR count). The Labute approximate surface area is 141 Å². The van der Waals surface area contributed by atoms with Crippen LogP contribution in [0.2, 0.25) is 0 Å². The number of hydrogen-bond acceptors (Lipinski definition) is 3. The molecule has 0 saturated heterocycles. The van der Waals surface area contributed by atoms with Gasteiger partial charge in [0.15, 0.2) is 0 Å². The van der Waals surface area contributed by atoms with Gasteiger partial charge in [-0.05, 0) is 23.3 Å². The van der Waals surface area contributed by atoms with Gasteiger partial charge in [0.25, 0.3) is 0 Å². The fourth-order valence-corrected chi connectivity index (χ4v) is 2.58. The molecule has 0 bridgehead atoms. The van der Waals surface area contributed by atoms with Gasteiger partial charge >= 0.3 is 5.97 Å². The quantitative estimate of drug-likeness (QED) is 0.747. The lowest BCUT2D eigenvalue weighted by atomic mass is 10.1. The highest BCUT2D eigenvalue weighted by Gasteiger charge is 2.12. The summed E-state index contributed by atoms with van der Waals surface area (Å²) < 4.78 is 0. The molecule has 1 aromatic heterocycles. The van der Waals surface area contributed by atoms with E-state index in [9.17, 15) is 9.90 Å². The molecule has 0 saturated carbocycles. The number of benzene rings is 2. The highest BCUT2D eigenvalue weighted by atomic mass is 16.4. The predicted molar refractivity (Wildman–Crippen MR) is 94.0 cm³/mol. The molecule has 0 spiro atoms. The molecule has 4 heteroatoms. The van der Waals surface area contributed by atoms with Gasteiger partial charge in [0, 0.05) is 25.0 Å². The number of nitrogens with zero attached hydrogens (tertiary/aromatic N) is 2. The summed E-state index contributed by atoms with van der Waals surface area (Å²) in [5.41, 5.74) is 3.23. The molecule has 0 aliphatic carbocycles. The second kappa shape index (κ2) is 7.42. The van der Waals surface area contributed by atoms with Crippen LogP contribution in [0.4, 0.5) is 5.69 Å². The summed E-state index contributed by atoms with van der Waals surface area (Å²) in [5.74, 6) is -1.02. The van der Waals surface area contributed by atoms with Gasteiger partial charge in [0.2, 0.25) is 0 Å². The van der Waals surface area contributed by atoms with Crippen molar-refractivity contribution < 1.29 is 9.90 Å². The summed E-state index contributed by atoms with van der Waals surface area (Å²) in [5, 5.41) is 9.19. The number of aromatic carboxylic acids is 1. The van der Waals surface area contributed by atoms with E-state index in [1.165, 1.54) is 11.1 Å². The van der Waals surface area contributed by atoms with Crippen LogP contribution in [0.25, 0.3) is 0 Å². The molecule has 4 nitrogen and oxygen atoms in total. The van der Waals surface area contributed by atoms with Crippen molar-refractivity contribution in [2.45, 2.75) is 13.1 Å². The number of rotatable bonds is 6. The third-order valence-electron chi connectivity index (χ3n) is 3.76. The normalized spacial score (nSPS) is 10.3. The number of pyridine rings is 1. The average Bonchev–Trinajstić information content (AvgIpc) is 2.63. The van der Waals surface area contributed by atoms with Crippen LogP contribution in [-0.4, -0.2) is 16.1 Å². The molecule has 0 amide bonds. The van der Waals surface area contributed by atoms with Gasteiger partial charge in [0.1, 0.15) is 5.69 Å². The smallest absolute Gasteiger partial charge is 0.354 e. The lowest BCUT2D eigenvalue weighted by Crippen LogP contribution is -2.22. The number of anilines is 1. The molecule has 24 heavy (non-hydrogen) atoms. The van der Waals surface area contributed by atoms with Gasteiger partial charge in [-0.3, -0.25) is 0 Å². The average molecular weight is 318 g/mol. The van der Waals surface area contributed by atoms with E-state index in [2.05, 4.69) is 34.1 Å². The van der Waals surface area contributed by atoms with Crippen molar-refractivity contribution in [2.24, 2.45) is 0 Å². The van der Waals surface area contributed by atoms with Crippen LogP contribution < -0.4 is 4.90 Å². The van der Waals surface area contributed by atoms with Crippen molar-refractivity contribution in [3.8, 4) is 0 Å². The van der Waals surface area contributed by atoms with Crippen molar-refractivity contribution in [1.82, 2.24) is 4.98 Å². The van der Waals surface area contributed by atoms with Crippen LogP contribution in [-0.2, 0) is 13.1 Å². The van der Waals surface area contributed by atoms with E-state index in [-0.39, 0.29) is 5.69 Å². The van der Waals surface area contributed by atoms with E-state index in [0.29, 0.717) is 13.1 Å². The van der Waals surface area contributed by atoms with Crippen LogP contribution in [0.1, 0.15) is 21.6 Å². The molecule has 0 aliphatic heterocycles. The summed E-state index contributed by atoms with van der Waals surface area (Å²) in [7, 11) is 0. The standard InChI is InChI=1S/C20H18N2O2/c23-20(24)19-13-18(11-12-21-19)22(14-16-7-3-1-4-8-16)15-17-9-5-2-6-10-17/h1-13H,14-15H2,(H,23,24). The lowest BCUT2D eigenvalue weighted by molar-refractivity contribution is 0.0690. The van der Waals surface area contributed by atoms with Crippen molar-refractivity contribution in [2.75, 3.05) is 4.90 Å². The summed E-state index contributed by atoms with van der Waals surface area (Å²) in [4.78, 5) is 17.3. The van der Waals surface area contributed by atoms with Gasteiger partial charge in [-0.2, -0.15) is 0 Å². The highest BCUT2D eigenvalue weighted by Crippen LogP contribution is 2.20. The van der Waals surface area contributed by atoms with Crippen molar-refractivity contribution in [3.05, 3.63) is 95.8 Å². The number of aromatic nitrogens is 1. The second-order valence-corrected chi connectivity index (χ2v) is 5.53. The molecule has 0 aliphatic rings. The zero-order chi connectivity index (χ0) is 16.8. The van der Waals surface area contributed by atoms with Gasteiger partial charge in [-0.25, -0.2) is 9.78 Å². The van der Waals surface area contributed by atoms with E-state index in [1.54, 1.807) is 12.3 Å². The minimum Gasteiger partial charge on any atom is -0.477 e. The Kier molecular flexibility index (Phi) is 4.87. The van der Waals surface area contributed by atoms with Gasteiger partial charge in [0.05, 0.1) is 0 Å². The van der Waals surface area contributed by atoms with Crippen LogP contribution in [0.15, 0.2) is 79.0 Å². The van der Waals surface area contributed by atoms with Gasteiger partial charge in [-0.1, -0.05) is 60.7 Å². The molecule has 120 valence electrons. The fraction of sp³-hybridized carbons (Fsp3) is 0.100. The van der Waals surface area contributed by atoms with E-state index in [4.69, 9.17) is 0 Å². The molecule has 0 radical (unpaired) electrons. The minimum atomic E-state index is -1.02. The van der Waals surface area contributed by atoms with Crippen LogP contribution in [0.5, 0.6) is 0 Å². The molecule has 0 atom stereocenters. The van der Waals surface area contributed by atoms with Crippen molar-refractivity contribution >= 4 is 11.7 Å². The first kappa shape index (κ1) is 15.7. The Morgan fingerprint density at radius 3 is 1.92 bits per heavy atom. The summed E-state index contributed by atoms with van der Waals surface area (Å²) in [6.45, 7) is 1.39. The zero-order valence-electron chi connectivity index (χ0n) is 13.2. The van der Waals surface area contributed by atoms with Crippen molar-refractivity contribution in [3.63, 3.8) is 0 Å². The van der Waals surface area contributed by atoms with Gasteiger partial charge in [-0.15, -0.1) is 0 Å². The Balaban J connectivity index is 1.92. The summed E-state index contributed by atoms with van der Waals surface area (Å²) in [6.07, 6.45) is 1.54. The van der Waals surface area contributed by atoms with Crippen molar-refractivity contribution in [1.29, 1.82) is 0 Å². The summed E-state index contributed by atoms with van der Waals surface area (Å²) >= 11 is 0. The predicted octanol–water partition coefficient (Wildman–Crippen LogP) is 3.99. The Hall–Kier alpha value is -3.14. The number of carbonyl (C=O) groups is 1. The van der Waals surface area contributed by atoms with Crippen LogP contribution in [0, 0.1) is 0 Å². The number of carboxylic acids is 1. The summed E-state index contributed by atoms with van der Waals surface area (Å²) in [6, 6.07) is 23.7. The molecular formula is C20H18N2O2. The first-order chi connectivity index (χ1) is 11.7.